The number of thioether (sulfide) groups is 1. The Morgan fingerprint density at radius 3 is 2.50 bits per heavy atom. The van der Waals surface area contributed by atoms with Crippen molar-refractivity contribution in [1.82, 2.24) is 0 Å². The predicted molar refractivity (Wildman–Crippen MR) is 68.9 cm³/mol. The zero-order chi connectivity index (χ0) is 10.4. The Kier molecular flexibility index (Phi) is 5.60. The Morgan fingerprint density at radius 1 is 1.36 bits per heavy atom. The van der Waals surface area contributed by atoms with E-state index in [1.807, 2.05) is 11.8 Å². The lowest BCUT2D eigenvalue weighted by atomic mass is 9.97. The summed E-state index contributed by atoms with van der Waals surface area (Å²) in [5, 5.41) is 0. The van der Waals surface area contributed by atoms with Gasteiger partial charge in [-0.2, -0.15) is 11.8 Å². The van der Waals surface area contributed by atoms with Crippen LogP contribution < -0.4 is 5.73 Å². The first-order chi connectivity index (χ1) is 6.77. The van der Waals surface area contributed by atoms with Gasteiger partial charge < -0.3 is 5.73 Å². The van der Waals surface area contributed by atoms with E-state index in [1.165, 1.54) is 17.7 Å². The number of halogens is 1. The van der Waals surface area contributed by atoms with Crippen LogP contribution in [0, 0.1) is 0 Å². The monoisotopic (exact) mass is 273 g/mol. The second-order valence-corrected chi connectivity index (χ2v) is 5.17. The summed E-state index contributed by atoms with van der Waals surface area (Å²) >= 11 is 5.31. The van der Waals surface area contributed by atoms with Crippen LogP contribution in [-0.2, 0) is 0 Å². The smallest absolute Gasteiger partial charge is 0.0175 e. The van der Waals surface area contributed by atoms with E-state index in [-0.39, 0.29) is 0 Å². The predicted octanol–water partition coefficient (Wildman–Crippen LogP) is 3.24. The quantitative estimate of drug-likeness (QED) is 0.892. The van der Waals surface area contributed by atoms with Crippen LogP contribution in [0.1, 0.15) is 17.9 Å². The second-order valence-electron chi connectivity index (χ2n) is 3.27. The fourth-order valence-corrected chi connectivity index (χ4v) is 2.20. The van der Waals surface area contributed by atoms with Crippen molar-refractivity contribution in [2.45, 2.75) is 12.3 Å². The summed E-state index contributed by atoms with van der Waals surface area (Å²) in [7, 11) is 0. The van der Waals surface area contributed by atoms with Crippen LogP contribution in [0.4, 0.5) is 0 Å². The molecule has 0 amide bonds. The number of rotatable bonds is 5. The minimum atomic E-state index is 0.510. The van der Waals surface area contributed by atoms with Crippen LogP contribution in [0.15, 0.2) is 28.7 Å². The van der Waals surface area contributed by atoms with Gasteiger partial charge in [0.1, 0.15) is 0 Å². The topological polar surface area (TPSA) is 26.0 Å². The van der Waals surface area contributed by atoms with Gasteiger partial charge >= 0.3 is 0 Å². The highest BCUT2D eigenvalue weighted by molar-refractivity contribution is 9.10. The van der Waals surface area contributed by atoms with E-state index in [9.17, 15) is 0 Å². The van der Waals surface area contributed by atoms with Gasteiger partial charge in [0, 0.05) is 4.47 Å². The molecule has 0 aliphatic carbocycles. The molecule has 78 valence electrons. The SMILES string of the molecule is CSCCC(CN)c1ccc(Br)cc1. The molecule has 0 bridgehead atoms. The lowest BCUT2D eigenvalue weighted by Gasteiger charge is -2.14. The van der Waals surface area contributed by atoms with Crippen molar-refractivity contribution in [2.24, 2.45) is 5.73 Å². The highest BCUT2D eigenvalue weighted by Gasteiger charge is 2.08. The Hall–Kier alpha value is 0.01000. The molecule has 0 saturated heterocycles. The van der Waals surface area contributed by atoms with E-state index in [0.717, 1.165) is 11.0 Å². The van der Waals surface area contributed by atoms with Gasteiger partial charge in [0.05, 0.1) is 0 Å². The van der Waals surface area contributed by atoms with Gasteiger partial charge in [-0.15, -0.1) is 0 Å². The van der Waals surface area contributed by atoms with Crippen molar-refractivity contribution >= 4 is 27.7 Å². The molecule has 0 heterocycles. The first-order valence-electron chi connectivity index (χ1n) is 4.72. The average Bonchev–Trinajstić information content (AvgIpc) is 2.21. The van der Waals surface area contributed by atoms with E-state index in [2.05, 4.69) is 46.5 Å². The fraction of sp³-hybridized carbons (Fsp3) is 0.455. The maximum absolute atomic E-state index is 5.76. The van der Waals surface area contributed by atoms with E-state index in [1.54, 1.807) is 0 Å². The molecule has 2 N–H and O–H groups in total. The van der Waals surface area contributed by atoms with Gasteiger partial charge in [-0.25, -0.2) is 0 Å². The normalized spacial score (nSPS) is 12.8. The molecule has 1 nitrogen and oxygen atoms in total. The maximum Gasteiger partial charge on any atom is 0.0175 e. The van der Waals surface area contributed by atoms with E-state index >= 15 is 0 Å². The number of hydrogen-bond acceptors (Lipinski definition) is 2. The summed E-state index contributed by atoms with van der Waals surface area (Å²) < 4.78 is 1.13. The molecule has 14 heavy (non-hydrogen) atoms. The molecule has 1 aromatic rings. The van der Waals surface area contributed by atoms with Gasteiger partial charge in [0.25, 0.3) is 0 Å². The summed E-state index contributed by atoms with van der Waals surface area (Å²) in [5.74, 6) is 1.69. The Balaban J connectivity index is 2.64. The Morgan fingerprint density at radius 2 is 2.00 bits per heavy atom. The van der Waals surface area contributed by atoms with Crippen LogP contribution in [-0.4, -0.2) is 18.6 Å². The molecular formula is C11H16BrNS. The van der Waals surface area contributed by atoms with E-state index in [0.29, 0.717) is 5.92 Å². The zero-order valence-electron chi connectivity index (χ0n) is 8.37. The third-order valence-corrected chi connectivity index (χ3v) is 3.47. The molecule has 0 aromatic heterocycles. The van der Waals surface area contributed by atoms with Crippen LogP contribution in [0.3, 0.4) is 0 Å². The standard InChI is InChI=1S/C11H16BrNS/c1-14-7-6-10(8-13)9-2-4-11(12)5-3-9/h2-5,10H,6-8,13H2,1H3. The molecule has 0 spiro atoms. The van der Waals surface area contributed by atoms with Crippen LogP contribution in [0.25, 0.3) is 0 Å². The summed E-state index contributed by atoms with van der Waals surface area (Å²) in [4.78, 5) is 0. The summed E-state index contributed by atoms with van der Waals surface area (Å²) in [6.45, 7) is 0.738. The third-order valence-electron chi connectivity index (χ3n) is 2.30. The molecule has 0 fully saturated rings. The lowest BCUT2D eigenvalue weighted by molar-refractivity contribution is 0.680. The van der Waals surface area contributed by atoms with E-state index < -0.39 is 0 Å². The van der Waals surface area contributed by atoms with Crippen molar-refractivity contribution in [1.29, 1.82) is 0 Å². The van der Waals surface area contributed by atoms with Crippen molar-refractivity contribution in [2.75, 3.05) is 18.6 Å². The minimum absolute atomic E-state index is 0.510. The summed E-state index contributed by atoms with van der Waals surface area (Å²) in [5.41, 5.74) is 7.11. The molecule has 1 rings (SSSR count). The molecule has 1 unspecified atom stereocenters. The molecular weight excluding hydrogens is 258 g/mol. The summed E-state index contributed by atoms with van der Waals surface area (Å²) in [6.07, 6.45) is 3.30. The highest BCUT2D eigenvalue weighted by atomic mass is 79.9. The van der Waals surface area contributed by atoms with Crippen molar-refractivity contribution < 1.29 is 0 Å². The number of benzene rings is 1. The molecule has 1 aromatic carbocycles. The third kappa shape index (κ3) is 3.64. The van der Waals surface area contributed by atoms with Gasteiger partial charge in [-0.1, -0.05) is 28.1 Å². The highest BCUT2D eigenvalue weighted by Crippen LogP contribution is 2.22. The average molecular weight is 274 g/mol. The molecule has 0 aliphatic rings. The van der Waals surface area contributed by atoms with Crippen molar-refractivity contribution in [3.8, 4) is 0 Å². The Labute approximate surface area is 98.6 Å². The summed E-state index contributed by atoms with van der Waals surface area (Å²) in [6, 6.07) is 8.47. The van der Waals surface area contributed by atoms with Crippen LogP contribution in [0.2, 0.25) is 0 Å². The lowest BCUT2D eigenvalue weighted by Crippen LogP contribution is -2.13. The molecule has 0 radical (unpaired) electrons. The van der Waals surface area contributed by atoms with E-state index in [4.69, 9.17) is 5.73 Å². The first-order valence-corrected chi connectivity index (χ1v) is 6.91. The van der Waals surface area contributed by atoms with Gasteiger partial charge in [-0.3, -0.25) is 0 Å². The number of hydrogen-bond donors (Lipinski definition) is 1. The van der Waals surface area contributed by atoms with Gasteiger partial charge in [0.2, 0.25) is 0 Å². The van der Waals surface area contributed by atoms with Gasteiger partial charge in [0.15, 0.2) is 0 Å². The van der Waals surface area contributed by atoms with Crippen molar-refractivity contribution in [3.63, 3.8) is 0 Å². The van der Waals surface area contributed by atoms with Crippen LogP contribution in [0.5, 0.6) is 0 Å². The fourth-order valence-electron chi connectivity index (χ4n) is 1.42. The maximum atomic E-state index is 5.76. The van der Waals surface area contributed by atoms with Crippen molar-refractivity contribution in [3.05, 3.63) is 34.3 Å². The van der Waals surface area contributed by atoms with Gasteiger partial charge in [-0.05, 0) is 48.6 Å². The Bertz CT molecular complexity index is 260. The molecule has 3 heteroatoms. The number of nitrogens with two attached hydrogens (primary N) is 1. The zero-order valence-corrected chi connectivity index (χ0v) is 10.8. The second kappa shape index (κ2) is 6.49. The largest absolute Gasteiger partial charge is 0.330 e. The first kappa shape index (κ1) is 12.1. The molecule has 0 aliphatic heterocycles. The molecule has 1 atom stereocenters. The minimum Gasteiger partial charge on any atom is -0.330 e. The molecule has 0 saturated carbocycles. The van der Waals surface area contributed by atoms with Crippen LogP contribution >= 0.6 is 27.7 Å².